The van der Waals surface area contributed by atoms with Gasteiger partial charge in [0.1, 0.15) is 16.9 Å². The van der Waals surface area contributed by atoms with Gasteiger partial charge in [-0.2, -0.15) is 16.4 Å². The number of nitrogens with zero attached hydrogens (tertiary/aromatic N) is 5. The lowest BCUT2D eigenvalue weighted by molar-refractivity contribution is -0.115. The largest absolute Gasteiger partial charge is 0.324 e. The van der Waals surface area contributed by atoms with Gasteiger partial charge in [0, 0.05) is 23.5 Å². The monoisotopic (exact) mass is 546 g/mol. The quantitative estimate of drug-likeness (QED) is 0.235. The van der Waals surface area contributed by atoms with E-state index in [4.69, 9.17) is 4.98 Å². The molecule has 0 atom stereocenters. The smallest absolute Gasteiger partial charge is 0.228 e. The van der Waals surface area contributed by atoms with Gasteiger partial charge in [0.15, 0.2) is 17.3 Å². The van der Waals surface area contributed by atoms with Crippen molar-refractivity contribution in [2.45, 2.75) is 6.42 Å². The van der Waals surface area contributed by atoms with Gasteiger partial charge < -0.3 is 10.3 Å². The number of aromatic amines is 2. The number of amides is 1. The predicted molar refractivity (Wildman–Crippen MR) is 152 cm³/mol. The number of carbonyl (C=O) groups is 1. The molecule has 7 rings (SSSR count). The average molecular weight is 547 g/mol. The maximum Gasteiger partial charge on any atom is 0.228 e. The standard InChI is InChI=1S/C29H19FN8OS/c30-24-23-21(37-38-27(23)29-35-26-20(17-7-9-40-15-17)6-8-32-28(26)36-29)14-33-25(24)18-11-19(13-31-12-18)34-22(39)10-16-4-2-1-3-5-16/h1-9,11-15H,10H2,(H,34,39)(H,37,38)(H,32,35,36). The van der Waals surface area contributed by atoms with Gasteiger partial charge in [-0.25, -0.2) is 14.4 Å². The molecule has 11 heteroatoms. The SMILES string of the molecule is O=C(Cc1ccccc1)Nc1cncc(-c2ncc3[nH]nc(-c4nc5c(-c6ccsc6)ccnc5[nH]4)c3c2F)c1. The van der Waals surface area contributed by atoms with Crippen LogP contribution in [0.2, 0.25) is 0 Å². The molecule has 3 N–H and O–H groups in total. The molecular weight excluding hydrogens is 527 g/mol. The fraction of sp³-hybridized carbons (Fsp3) is 0.0345. The van der Waals surface area contributed by atoms with Crippen LogP contribution in [0.3, 0.4) is 0 Å². The van der Waals surface area contributed by atoms with E-state index in [-0.39, 0.29) is 23.4 Å². The summed E-state index contributed by atoms with van der Waals surface area (Å²) in [5.41, 5.74) is 5.75. The Morgan fingerprint density at radius 2 is 1.90 bits per heavy atom. The van der Waals surface area contributed by atoms with E-state index in [1.165, 1.54) is 18.6 Å². The fourth-order valence-electron chi connectivity index (χ4n) is 4.65. The van der Waals surface area contributed by atoms with Gasteiger partial charge >= 0.3 is 0 Å². The first-order valence-corrected chi connectivity index (χ1v) is 13.3. The van der Waals surface area contributed by atoms with E-state index in [9.17, 15) is 4.79 Å². The molecule has 9 nitrogen and oxygen atoms in total. The van der Waals surface area contributed by atoms with E-state index in [0.29, 0.717) is 39.4 Å². The number of hydrogen-bond donors (Lipinski definition) is 3. The maximum atomic E-state index is 16.1. The van der Waals surface area contributed by atoms with E-state index in [1.807, 2.05) is 53.2 Å². The van der Waals surface area contributed by atoms with Gasteiger partial charge in [-0.05, 0) is 40.1 Å². The Kier molecular flexibility index (Phi) is 5.82. The van der Waals surface area contributed by atoms with Crippen LogP contribution in [-0.4, -0.2) is 41.0 Å². The number of rotatable bonds is 6. The highest BCUT2D eigenvalue weighted by atomic mass is 32.1. The molecule has 0 aliphatic heterocycles. The van der Waals surface area contributed by atoms with Crippen LogP contribution in [0.5, 0.6) is 0 Å². The number of pyridine rings is 3. The summed E-state index contributed by atoms with van der Waals surface area (Å²) in [7, 11) is 0. The molecule has 1 amide bonds. The van der Waals surface area contributed by atoms with Crippen LogP contribution in [0.1, 0.15) is 5.56 Å². The van der Waals surface area contributed by atoms with E-state index in [1.54, 1.807) is 23.6 Å². The molecule has 7 aromatic rings. The zero-order valence-electron chi connectivity index (χ0n) is 20.7. The number of carbonyl (C=O) groups excluding carboxylic acids is 1. The van der Waals surface area contributed by atoms with Gasteiger partial charge in [-0.1, -0.05) is 30.3 Å². The van der Waals surface area contributed by atoms with Crippen molar-refractivity contribution in [2.24, 2.45) is 0 Å². The van der Waals surface area contributed by atoms with Gasteiger partial charge in [-0.15, -0.1) is 0 Å². The molecule has 40 heavy (non-hydrogen) atoms. The lowest BCUT2D eigenvalue weighted by Gasteiger charge is -2.08. The molecule has 0 bridgehead atoms. The molecule has 0 aliphatic rings. The van der Waals surface area contributed by atoms with Crippen molar-refractivity contribution in [3.63, 3.8) is 0 Å². The van der Waals surface area contributed by atoms with Crippen LogP contribution in [0, 0.1) is 5.82 Å². The van der Waals surface area contributed by atoms with Crippen LogP contribution in [0.4, 0.5) is 10.1 Å². The average Bonchev–Trinajstić information content (AvgIpc) is 3.73. The van der Waals surface area contributed by atoms with Crippen LogP contribution in [-0.2, 0) is 11.2 Å². The van der Waals surface area contributed by atoms with Crippen LogP contribution >= 0.6 is 11.3 Å². The molecule has 6 aromatic heterocycles. The first-order chi connectivity index (χ1) is 19.6. The third-order valence-corrected chi connectivity index (χ3v) is 7.17. The summed E-state index contributed by atoms with van der Waals surface area (Å²) in [5.74, 6) is -0.402. The summed E-state index contributed by atoms with van der Waals surface area (Å²) in [5, 5.41) is 14.3. The van der Waals surface area contributed by atoms with Crippen molar-refractivity contribution in [3.05, 3.63) is 95.5 Å². The van der Waals surface area contributed by atoms with E-state index < -0.39 is 5.82 Å². The minimum Gasteiger partial charge on any atom is -0.324 e. The number of nitrogens with one attached hydrogen (secondary N) is 3. The first kappa shape index (κ1) is 23.8. The number of thiophene rings is 1. The number of aromatic nitrogens is 7. The summed E-state index contributed by atoms with van der Waals surface area (Å²) < 4.78 is 16.1. The minimum atomic E-state index is -0.581. The third-order valence-electron chi connectivity index (χ3n) is 6.49. The van der Waals surface area contributed by atoms with Crippen LogP contribution in [0.15, 0.2) is 84.1 Å². The Hall–Kier alpha value is -5.29. The number of anilines is 1. The summed E-state index contributed by atoms with van der Waals surface area (Å²) in [6.07, 6.45) is 6.45. The maximum absolute atomic E-state index is 16.1. The van der Waals surface area contributed by atoms with Gasteiger partial charge in [0.2, 0.25) is 5.91 Å². The molecule has 0 unspecified atom stereocenters. The Morgan fingerprint density at radius 1 is 1.00 bits per heavy atom. The number of fused-ring (bicyclic) bond motifs is 2. The molecule has 0 saturated heterocycles. The van der Waals surface area contributed by atoms with Crippen molar-refractivity contribution < 1.29 is 9.18 Å². The van der Waals surface area contributed by atoms with Gasteiger partial charge in [0.25, 0.3) is 0 Å². The van der Waals surface area contributed by atoms with Crippen molar-refractivity contribution >= 4 is 45.0 Å². The molecule has 0 radical (unpaired) electrons. The van der Waals surface area contributed by atoms with E-state index in [0.717, 1.165) is 16.7 Å². The topological polar surface area (TPSA) is 125 Å². The molecule has 194 valence electrons. The second-order valence-electron chi connectivity index (χ2n) is 9.11. The summed E-state index contributed by atoms with van der Waals surface area (Å²) in [6, 6.07) is 15.0. The Balaban J connectivity index is 1.24. The highest BCUT2D eigenvalue weighted by molar-refractivity contribution is 7.08. The second-order valence-corrected chi connectivity index (χ2v) is 9.89. The Bertz CT molecular complexity index is 2000. The number of benzene rings is 1. The predicted octanol–water partition coefficient (Wildman–Crippen LogP) is 6.01. The van der Waals surface area contributed by atoms with E-state index in [2.05, 4.69) is 35.5 Å². The highest BCUT2D eigenvalue weighted by Crippen LogP contribution is 2.34. The zero-order chi connectivity index (χ0) is 27.1. The molecular formula is C29H19FN8OS. The molecule has 0 fully saturated rings. The summed E-state index contributed by atoms with van der Waals surface area (Å²) in [4.78, 5) is 33.4. The van der Waals surface area contributed by atoms with Crippen molar-refractivity contribution in [3.8, 4) is 33.9 Å². The normalized spacial score (nSPS) is 11.3. The lowest BCUT2D eigenvalue weighted by Crippen LogP contribution is -2.14. The Morgan fingerprint density at radius 3 is 2.75 bits per heavy atom. The number of halogens is 1. The number of H-pyrrole nitrogens is 2. The molecule has 0 spiro atoms. The molecule has 0 aliphatic carbocycles. The molecule has 0 saturated carbocycles. The summed E-state index contributed by atoms with van der Waals surface area (Å²) >= 11 is 1.59. The third kappa shape index (κ3) is 4.28. The lowest BCUT2D eigenvalue weighted by atomic mass is 10.1. The molecule has 6 heterocycles. The number of imidazole rings is 1. The Labute approximate surface area is 230 Å². The minimum absolute atomic E-state index is 0.0787. The van der Waals surface area contributed by atoms with Crippen molar-refractivity contribution in [2.75, 3.05) is 5.32 Å². The van der Waals surface area contributed by atoms with E-state index >= 15 is 4.39 Å². The fourth-order valence-corrected chi connectivity index (χ4v) is 5.30. The van der Waals surface area contributed by atoms with Crippen molar-refractivity contribution in [1.29, 1.82) is 0 Å². The van der Waals surface area contributed by atoms with Gasteiger partial charge in [-0.3, -0.25) is 19.9 Å². The van der Waals surface area contributed by atoms with Gasteiger partial charge in [0.05, 0.1) is 35.4 Å². The summed E-state index contributed by atoms with van der Waals surface area (Å²) in [6.45, 7) is 0. The highest BCUT2D eigenvalue weighted by Gasteiger charge is 2.22. The van der Waals surface area contributed by atoms with Crippen LogP contribution < -0.4 is 5.32 Å². The van der Waals surface area contributed by atoms with Crippen molar-refractivity contribution in [1.82, 2.24) is 35.1 Å². The molecule has 1 aromatic carbocycles. The second kappa shape index (κ2) is 9.79. The van der Waals surface area contributed by atoms with Crippen LogP contribution in [0.25, 0.3) is 56.0 Å². The zero-order valence-corrected chi connectivity index (χ0v) is 21.5. The first-order valence-electron chi connectivity index (χ1n) is 12.3. The number of hydrogen-bond acceptors (Lipinski definition) is 7.